The third-order valence-electron chi connectivity index (χ3n) is 5.52. The number of nitrogens with zero attached hydrogens (tertiary/aromatic N) is 1. The van der Waals surface area contributed by atoms with Crippen molar-refractivity contribution in [1.29, 1.82) is 0 Å². The van der Waals surface area contributed by atoms with Crippen molar-refractivity contribution in [2.45, 2.75) is 26.2 Å². The van der Waals surface area contributed by atoms with E-state index in [4.69, 9.17) is 16.3 Å². The quantitative estimate of drug-likeness (QED) is 0.401. The summed E-state index contributed by atoms with van der Waals surface area (Å²) in [5.41, 5.74) is 2.53. The van der Waals surface area contributed by atoms with Crippen LogP contribution in [0.5, 0.6) is 5.75 Å². The molecule has 0 aromatic heterocycles. The first-order chi connectivity index (χ1) is 16.8. The maximum absolute atomic E-state index is 13.0. The normalized spacial score (nSPS) is 11.6. The lowest BCUT2D eigenvalue weighted by Gasteiger charge is -2.24. The van der Waals surface area contributed by atoms with Gasteiger partial charge in [-0.2, -0.15) is 0 Å². The number of sulfonamides is 1. The van der Waals surface area contributed by atoms with Crippen LogP contribution in [0.3, 0.4) is 0 Å². The fourth-order valence-electron chi connectivity index (χ4n) is 3.60. The summed E-state index contributed by atoms with van der Waals surface area (Å²) < 4.78 is 31.1. The van der Waals surface area contributed by atoms with Crippen LogP contribution >= 0.6 is 11.6 Å². The van der Waals surface area contributed by atoms with Crippen LogP contribution in [0, 0.1) is 0 Å². The van der Waals surface area contributed by atoms with E-state index in [9.17, 15) is 18.0 Å². The number of hydrogen-bond acceptors (Lipinski definition) is 5. The Balaban J connectivity index is 1.80. The standard InChI is InChI=1S/C27H29ClN2O5S/c1-27(2,3)20-11-9-18(10-12-20)26(32)19-7-6-8-22(15-19)29-25(31)17-30(36(5,33)34)23-16-21(28)13-14-24(23)35-4/h6-16H,17H2,1-5H3,(H,29,31). The van der Waals surface area contributed by atoms with Gasteiger partial charge >= 0.3 is 0 Å². The number of methoxy groups -OCH3 is 1. The van der Waals surface area contributed by atoms with Gasteiger partial charge in [0.2, 0.25) is 15.9 Å². The monoisotopic (exact) mass is 528 g/mol. The zero-order valence-corrected chi connectivity index (χ0v) is 22.4. The molecule has 0 heterocycles. The second-order valence-electron chi connectivity index (χ2n) is 9.37. The maximum atomic E-state index is 13.0. The lowest BCUT2D eigenvalue weighted by molar-refractivity contribution is -0.114. The average Bonchev–Trinajstić information content (AvgIpc) is 2.81. The molecule has 3 rings (SSSR count). The van der Waals surface area contributed by atoms with Crippen LogP contribution in [0.4, 0.5) is 11.4 Å². The Morgan fingerprint density at radius 2 is 1.64 bits per heavy atom. The van der Waals surface area contributed by atoms with E-state index in [-0.39, 0.29) is 22.6 Å². The number of carbonyl (C=O) groups is 2. The molecule has 7 nitrogen and oxygen atoms in total. The molecule has 36 heavy (non-hydrogen) atoms. The summed E-state index contributed by atoms with van der Waals surface area (Å²) in [5.74, 6) is -0.530. The molecule has 190 valence electrons. The number of benzene rings is 3. The van der Waals surface area contributed by atoms with Crippen molar-refractivity contribution < 1.29 is 22.7 Å². The molecule has 0 atom stereocenters. The Hall–Kier alpha value is -3.36. The zero-order chi connectivity index (χ0) is 26.7. The summed E-state index contributed by atoms with van der Waals surface area (Å²) in [6, 6.07) is 18.4. The first kappa shape index (κ1) is 27.2. The first-order valence-electron chi connectivity index (χ1n) is 11.2. The summed E-state index contributed by atoms with van der Waals surface area (Å²) in [6.07, 6.45) is 0.991. The zero-order valence-electron chi connectivity index (χ0n) is 20.8. The summed E-state index contributed by atoms with van der Waals surface area (Å²) >= 11 is 6.05. The molecule has 0 aliphatic rings. The topological polar surface area (TPSA) is 92.8 Å². The number of anilines is 2. The molecule has 1 N–H and O–H groups in total. The van der Waals surface area contributed by atoms with Gasteiger partial charge in [-0.25, -0.2) is 8.42 Å². The van der Waals surface area contributed by atoms with E-state index in [1.54, 1.807) is 42.5 Å². The minimum atomic E-state index is -3.85. The summed E-state index contributed by atoms with van der Waals surface area (Å²) in [7, 11) is -2.45. The number of halogens is 1. The third-order valence-corrected chi connectivity index (χ3v) is 6.88. The number of amides is 1. The Kier molecular flexibility index (Phi) is 8.11. The van der Waals surface area contributed by atoms with Gasteiger partial charge in [0.05, 0.1) is 19.1 Å². The Bertz CT molecular complexity index is 1380. The smallest absolute Gasteiger partial charge is 0.245 e. The lowest BCUT2D eigenvalue weighted by atomic mass is 9.86. The molecule has 0 spiro atoms. The number of ketones is 1. The van der Waals surface area contributed by atoms with Crippen LogP contribution in [0.15, 0.2) is 66.7 Å². The second kappa shape index (κ2) is 10.7. The van der Waals surface area contributed by atoms with Gasteiger partial charge in [-0.15, -0.1) is 0 Å². The largest absolute Gasteiger partial charge is 0.495 e. The van der Waals surface area contributed by atoms with E-state index >= 15 is 0 Å². The molecule has 0 radical (unpaired) electrons. The van der Waals surface area contributed by atoms with E-state index in [2.05, 4.69) is 26.1 Å². The van der Waals surface area contributed by atoms with Crippen molar-refractivity contribution in [3.8, 4) is 5.75 Å². The van der Waals surface area contributed by atoms with Gasteiger partial charge < -0.3 is 10.1 Å². The van der Waals surface area contributed by atoms with E-state index in [1.807, 2.05) is 12.1 Å². The third kappa shape index (κ3) is 6.65. The summed E-state index contributed by atoms with van der Waals surface area (Å²) in [4.78, 5) is 25.8. The predicted octanol–water partition coefficient (Wildman–Crippen LogP) is 5.28. The number of nitrogens with one attached hydrogen (secondary N) is 1. The van der Waals surface area contributed by atoms with Crippen LogP contribution in [-0.4, -0.2) is 40.0 Å². The molecule has 0 saturated heterocycles. The van der Waals surface area contributed by atoms with Gasteiger partial charge in [-0.05, 0) is 41.3 Å². The molecule has 0 bridgehead atoms. The van der Waals surface area contributed by atoms with E-state index < -0.39 is 22.5 Å². The van der Waals surface area contributed by atoms with E-state index in [1.165, 1.54) is 19.2 Å². The Morgan fingerprint density at radius 3 is 2.22 bits per heavy atom. The van der Waals surface area contributed by atoms with E-state index in [0.29, 0.717) is 21.8 Å². The predicted molar refractivity (Wildman–Crippen MR) is 144 cm³/mol. The number of rotatable bonds is 8. The van der Waals surface area contributed by atoms with Gasteiger partial charge in [-0.1, -0.05) is 68.8 Å². The van der Waals surface area contributed by atoms with Crippen LogP contribution in [0.2, 0.25) is 5.02 Å². The molecular weight excluding hydrogens is 500 g/mol. The van der Waals surface area contributed by atoms with E-state index in [0.717, 1.165) is 16.1 Å². The fraction of sp³-hybridized carbons (Fsp3) is 0.259. The van der Waals surface area contributed by atoms with Crippen molar-refractivity contribution in [3.63, 3.8) is 0 Å². The molecule has 0 aliphatic carbocycles. The fourth-order valence-corrected chi connectivity index (χ4v) is 4.61. The average molecular weight is 529 g/mol. The lowest BCUT2D eigenvalue weighted by Crippen LogP contribution is -2.37. The van der Waals surface area contributed by atoms with Crippen LogP contribution in [-0.2, 0) is 20.2 Å². The summed E-state index contributed by atoms with van der Waals surface area (Å²) in [5, 5.41) is 2.96. The molecule has 0 unspecified atom stereocenters. The molecule has 3 aromatic rings. The van der Waals surface area contributed by atoms with Crippen LogP contribution in [0.25, 0.3) is 0 Å². The van der Waals surface area contributed by atoms with Crippen molar-refractivity contribution >= 4 is 44.7 Å². The molecule has 3 aromatic carbocycles. The molecule has 9 heteroatoms. The van der Waals surface area contributed by atoms with Gasteiger partial charge in [0.15, 0.2) is 5.78 Å². The highest BCUT2D eigenvalue weighted by atomic mass is 35.5. The molecule has 0 saturated carbocycles. The SMILES string of the molecule is COc1ccc(Cl)cc1N(CC(=O)Nc1cccc(C(=O)c2ccc(C(C)(C)C)cc2)c1)S(C)(=O)=O. The van der Waals surface area contributed by atoms with Crippen molar-refractivity contribution in [3.05, 3.63) is 88.4 Å². The number of carbonyl (C=O) groups excluding carboxylic acids is 2. The first-order valence-corrected chi connectivity index (χ1v) is 13.4. The van der Waals surface area contributed by atoms with Crippen molar-refractivity contribution in [1.82, 2.24) is 0 Å². The molecule has 0 fully saturated rings. The summed E-state index contributed by atoms with van der Waals surface area (Å²) in [6.45, 7) is 5.79. The van der Waals surface area contributed by atoms with Gasteiger partial charge in [0, 0.05) is 21.8 Å². The highest BCUT2D eigenvalue weighted by Crippen LogP contribution is 2.32. The minimum absolute atomic E-state index is 0.0271. The Labute approximate surface area is 217 Å². The molecular formula is C27H29ClN2O5S. The highest BCUT2D eigenvalue weighted by molar-refractivity contribution is 7.92. The number of ether oxygens (including phenoxy) is 1. The Morgan fingerprint density at radius 1 is 0.972 bits per heavy atom. The van der Waals surface area contributed by atoms with Gasteiger partial charge in [-0.3, -0.25) is 13.9 Å². The maximum Gasteiger partial charge on any atom is 0.245 e. The van der Waals surface area contributed by atoms with Crippen LogP contribution in [0.1, 0.15) is 42.3 Å². The molecule has 1 amide bonds. The second-order valence-corrected chi connectivity index (χ2v) is 11.7. The van der Waals surface area contributed by atoms with Crippen molar-refractivity contribution in [2.75, 3.05) is 29.5 Å². The van der Waals surface area contributed by atoms with Gasteiger partial charge in [0.1, 0.15) is 12.3 Å². The highest BCUT2D eigenvalue weighted by Gasteiger charge is 2.24. The number of hydrogen-bond donors (Lipinski definition) is 1. The minimum Gasteiger partial charge on any atom is -0.495 e. The molecule has 0 aliphatic heterocycles. The van der Waals surface area contributed by atoms with Crippen molar-refractivity contribution in [2.24, 2.45) is 0 Å². The van der Waals surface area contributed by atoms with Gasteiger partial charge in [0.25, 0.3) is 0 Å². The van der Waals surface area contributed by atoms with Crippen LogP contribution < -0.4 is 14.4 Å².